The molecule has 118 valence electrons. The van der Waals surface area contributed by atoms with Crippen molar-refractivity contribution in [3.63, 3.8) is 0 Å². The Morgan fingerprint density at radius 1 is 1.52 bits per heavy atom. The van der Waals surface area contributed by atoms with Crippen LogP contribution in [0.1, 0.15) is 12.8 Å². The van der Waals surface area contributed by atoms with Crippen molar-refractivity contribution in [3.05, 3.63) is 10.7 Å². The van der Waals surface area contributed by atoms with E-state index in [1.807, 2.05) is 6.26 Å². The molecule has 21 heavy (non-hydrogen) atoms. The van der Waals surface area contributed by atoms with E-state index in [4.69, 9.17) is 25.8 Å². The lowest BCUT2D eigenvalue weighted by Crippen LogP contribution is -2.45. The van der Waals surface area contributed by atoms with E-state index in [0.29, 0.717) is 25.3 Å². The van der Waals surface area contributed by atoms with Crippen molar-refractivity contribution in [2.75, 3.05) is 32.3 Å². The van der Waals surface area contributed by atoms with Crippen molar-refractivity contribution in [3.8, 4) is 0 Å². The van der Waals surface area contributed by atoms with E-state index >= 15 is 0 Å². The minimum Gasteiger partial charge on any atom is -0.467 e. The summed E-state index contributed by atoms with van der Waals surface area (Å²) >= 11 is 7.69. The number of hydrogen-bond donors (Lipinski definition) is 1. The Morgan fingerprint density at radius 2 is 2.19 bits per heavy atom. The van der Waals surface area contributed by atoms with Crippen molar-refractivity contribution in [1.82, 2.24) is 5.32 Å². The number of carbonyl (C=O) groups excluding carboxylic acids is 2. The highest BCUT2D eigenvalue weighted by molar-refractivity contribution is 7.98. The standard InChI is InChI=1S/C13H18ClNO5S/c1-18-12(17)8(3-6-21-2)15-11-10(14)9(16)7-13(11)19-4-5-20-13/h8,15H,3-7H2,1-2H3/t8-/m0/s1. The second-order valence-electron chi connectivity index (χ2n) is 4.74. The number of nitrogens with one attached hydrogen (secondary N) is 1. The topological polar surface area (TPSA) is 73.9 Å². The summed E-state index contributed by atoms with van der Waals surface area (Å²) in [4.78, 5) is 23.7. The zero-order valence-corrected chi connectivity index (χ0v) is 13.5. The maximum Gasteiger partial charge on any atom is 0.328 e. The molecule has 1 aliphatic heterocycles. The van der Waals surface area contributed by atoms with Crippen LogP contribution in [0.3, 0.4) is 0 Å². The molecule has 0 amide bonds. The van der Waals surface area contributed by atoms with Gasteiger partial charge in [-0.25, -0.2) is 4.79 Å². The number of hydrogen-bond acceptors (Lipinski definition) is 7. The molecule has 1 saturated heterocycles. The summed E-state index contributed by atoms with van der Waals surface area (Å²) in [5.41, 5.74) is 0.336. The molecular formula is C13H18ClNO5S. The Labute approximate surface area is 132 Å². The van der Waals surface area contributed by atoms with Crippen LogP contribution >= 0.6 is 23.4 Å². The molecule has 1 N–H and O–H groups in total. The average Bonchev–Trinajstić information content (AvgIpc) is 3.03. The molecule has 2 aliphatic rings. The number of ketones is 1. The maximum absolute atomic E-state index is 11.9. The van der Waals surface area contributed by atoms with Crippen LogP contribution < -0.4 is 5.32 Å². The number of carbonyl (C=O) groups is 2. The monoisotopic (exact) mass is 335 g/mol. The van der Waals surface area contributed by atoms with Crippen molar-refractivity contribution < 1.29 is 23.8 Å². The van der Waals surface area contributed by atoms with Gasteiger partial charge in [-0.15, -0.1) is 0 Å². The minimum atomic E-state index is -1.17. The third-order valence-corrected chi connectivity index (χ3v) is 4.45. The fourth-order valence-corrected chi connectivity index (χ4v) is 3.10. The van der Waals surface area contributed by atoms with Gasteiger partial charge in [0, 0.05) is 0 Å². The van der Waals surface area contributed by atoms with Crippen LogP contribution in [0.4, 0.5) is 0 Å². The largest absolute Gasteiger partial charge is 0.467 e. The van der Waals surface area contributed by atoms with Gasteiger partial charge >= 0.3 is 5.97 Å². The molecule has 0 radical (unpaired) electrons. The number of methoxy groups -OCH3 is 1. The Balaban J connectivity index is 2.20. The first-order valence-corrected chi connectivity index (χ1v) is 8.36. The number of esters is 1. The Morgan fingerprint density at radius 3 is 2.76 bits per heavy atom. The zero-order valence-electron chi connectivity index (χ0n) is 11.9. The van der Waals surface area contributed by atoms with Gasteiger partial charge in [0.05, 0.1) is 32.4 Å². The summed E-state index contributed by atoms with van der Waals surface area (Å²) in [5.74, 6) is -1.07. The van der Waals surface area contributed by atoms with Gasteiger partial charge < -0.3 is 19.5 Å². The predicted octanol–water partition coefficient (Wildman–Crippen LogP) is 1.04. The quantitative estimate of drug-likeness (QED) is 0.727. The van der Waals surface area contributed by atoms with Gasteiger partial charge in [-0.05, 0) is 18.4 Å². The van der Waals surface area contributed by atoms with Crippen LogP contribution in [-0.4, -0.2) is 55.9 Å². The van der Waals surface area contributed by atoms with Gasteiger partial charge in [0.15, 0.2) is 5.78 Å². The lowest BCUT2D eigenvalue weighted by Gasteiger charge is -2.28. The van der Waals surface area contributed by atoms with Gasteiger partial charge in [0.25, 0.3) is 0 Å². The summed E-state index contributed by atoms with van der Waals surface area (Å²) in [6, 6.07) is -0.596. The summed E-state index contributed by atoms with van der Waals surface area (Å²) in [7, 11) is 1.32. The lowest BCUT2D eigenvalue weighted by atomic mass is 10.1. The van der Waals surface area contributed by atoms with E-state index in [0.717, 1.165) is 5.75 Å². The van der Waals surface area contributed by atoms with E-state index in [1.165, 1.54) is 7.11 Å². The number of ether oxygens (including phenoxy) is 3. The van der Waals surface area contributed by atoms with Gasteiger partial charge in [-0.2, -0.15) is 11.8 Å². The fraction of sp³-hybridized carbons (Fsp3) is 0.692. The highest BCUT2D eigenvalue weighted by Crippen LogP contribution is 2.40. The van der Waals surface area contributed by atoms with Gasteiger partial charge in [0.2, 0.25) is 5.79 Å². The normalized spacial score (nSPS) is 22.0. The second kappa shape index (κ2) is 7.00. The van der Waals surface area contributed by atoms with Crippen molar-refractivity contribution in [1.29, 1.82) is 0 Å². The highest BCUT2D eigenvalue weighted by Gasteiger charge is 2.51. The van der Waals surface area contributed by atoms with Crippen LogP contribution in [0.25, 0.3) is 0 Å². The molecule has 0 saturated carbocycles. The van der Waals surface area contributed by atoms with Crippen LogP contribution in [0.5, 0.6) is 0 Å². The molecule has 2 rings (SSSR count). The molecule has 8 heteroatoms. The molecule has 1 fully saturated rings. The Kier molecular flexibility index (Phi) is 5.54. The Bertz CT molecular complexity index is 461. The summed E-state index contributed by atoms with van der Waals surface area (Å²) < 4.78 is 15.9. The molecule has 1 aliphatic carbocycles. The number of allylic oxidation sites excluding steroid dienone is 1. The second-order valence-corrected chi connectivity index (χ2v) is 6.10. The molecule has 0 bridgehead atoms. The van der Waals surface area contributed by atoms with Crippen molar-refractivity contribution in [2.24, 2.45) is 0 Å². The number of rotatable bonds is 6. The van der Waals surface area contributed by atoms with Crippen LogP contribution in [0.15, 0.2) is 10.7 Å². The maximum atomic E-state index is 11.9. The molecule has 1 spiro atoms. The number of thioether (sulfide) groups is 1. The number of Topliss-reactive ketones (excluding diaryl/α,β-unsaturated/α-hetero) is 1. The molecule has 1 heterocycles. The Hall–Kier alpha value is -0.760. The fourth-order valence-electron chi connectivity index (χ4n) is 2.36. The van der Waals surface area contributed by atoms with E-state index < -0.39 is 17.8 Å². The summed E-state index contributed by atoms with van der Waals surface area (Å²) in [6.07, 6.45) is 2.53. The van der Waals surface area contributed by atoms with Gasteiger partial charge in [-0.3, -0.25) is 4.79 Å². The molecule has 0 aromatic carbocycles. The first-order valence-electron chi connectivity index (χ1n) is 6.58. The zero-order chi connectivity index (χ0) is 15.5. The van der Waals surface area contributed by atoms with Crippen LogP contribution in [0.2, 0.25) is 0 Å². The summed E-state index contributed by atoms with van der Waals surface area (Å²) in [6.45, 7) is 0.770. The van der Waals surface area contributed by atoms with Gasteiger partial charge in [0.1, 0.15) is 11.1 Å². The minimum absolute atomic E-state index is 0.0323. The summed E-state index contributed by atoms with van der Waals surface area (Å²) in [5, 5.41) is 3.04. The molecular weight excluding hydrogens is 318 g/mol. The predicted molar refractivity (Wildman–Crippen MR) is 79.1 cm³/mol. The first-order chi connectivity index (χ1) is 10.0. The van der Waals surface area contributed by atoms with E-state index in [9.17, 15) is 9.59 Å². The van der Waals surface area contributed by atoms with E-state index in [1.54, 1.807) is 11.8 Å². The van der Waals surface area contributed by atoms with Crippen LogP contribution in [0, 0.1) is 0 Å². The molecule has 0 aromatic rings. The molecule has 0 unspecified atom stereocenters. The van der Waals surface area contributed by atoms with E-state index in [2.05, 4.69) is 5.32 Å². The highest BCUT2D eigenvalue weighted by atomic mass is 35.5. The van der Waals surface area contributed by atoms with Crippen LogP contribution in [-0.2, 0) is 23.8 Å². The average molecular weight is 336 g/mol. The lowest BCUT2D eigenvalue weighted by molar-refractivity contribution is -0.146. The first kappa shape index (κ1) is 16.6. The number of halogens is 1. The third-order valence-electron chi connectivity index (χ3n) is 3.41. The van der Waals surface area contributed by atoms with Crippen molar-refractivity contribution in [2.45, 2.75) is 24.7 Å². The van der Waals surface area contributed by atoms with E-state index in [-0.39, 0.29) is 17.2 Å². The SMILES string of the molecule is COC(=O)[C@H](CCSC)NC1=C(Cl)C(=O)CC12OCCO2. The third kappa shape index (κ3) is 3.36. The van der Waals surface area contributed by atoms with Gasteiger partial charge in [-0.1, -0.05) is 11.6 Å². The molecule has 0 aromatic heterocycles. The molecule has 6 nitrogen and oxygen atoms in total. The smallest absolute Gasteiger partial charge is 0.328 e. The molecule has 1 atom stereocenters. The van der Waals surface area contributed by atoms with Crippen molar-refractivity contribution >= 4 is 35.1 Å².